The molecule has 0 aromatic heterocycles. The predicted molar refractivity (Wildman–Crippen MR) is 92.7 cm³/mol. The number of carbonyl (C=O) groups excluding carboxylic acids is 1. The average Bonchev–Trinajstić information content (AvgIpc) is 2.53. The number of halogens is 2. The first kappa shape index (κ1) is 17.3. The van der Waals surface area contributed by atoms with E-state index in [0.29, 0.717) is 21.3 Å². The third-order valence-electron chi connectivity index (χ3n) is 3.30. The molecule has 2 aromatic rings. The average molecular weight is 348 g/mol. The third-order valence-corrected chi connectivity index (χ3v) is 3.86. The van der Waals surface area contributed by atoms with Crippen LogP contribution in [-0.4, -0.2) is 12.5 Å². The number of carbonyl (C=O) groups is 1. The Morgan fingerprint density at radius 2 is 1.91 bits per heavy atom. The zero-order valence-electron chi connectivity index (χ0n) is 12.4. The van der Waals surface area contributed by atoms with Gasteiger partial charge in [-0.3, -0.25) is 4.79 Å². The van der Waals surface area contributed by atoms with Crippen LogP contribution in [0.1, 0.15) is 24.1 Å². The van der Waals surface area contributed by atoms with E-state index in [1.165, 1.54) is 0 Å². The van der Waals surface area contributed by atoms with Gasteiger partial charge in [-0.1, -0.05) is 29.3 Å². The standard InChI is InChI=1S/C17H15Cl2N3O/c1-11(15-7-4-13(18)8-16(15)19)21-10-17(23)22-14-5-2-12(9-20)3-6-14/h2-8,11,21H,10H2,1H3,(H,22,23)/t11-/m1/s1. The summed E-state index contributed by atoms with van der Waals surface area (Å²) in [6, 6.07) is 13.9. The SMILES string of the molecule is C[C@@H](NCC(=O)Nc1ccc(C#N)cc1)c1ccc(Cl)cc1Cl. The Balaban J connectivity index is 1.89. The van der Waals surface area contributed by atoms with Crippen LogP contribution in [0.25, 0.3) is 0 Å². The minimum Gasteiger partial charge on any atom is -0.325 e. The number of anilines is 1. The maximum absolute atomic E-state index is 11.9. The minimum absolute atomic E-state index is 0.0912. The first-order chi connectivity index (χ1) is 11.0. The van der Waals surface area contributed by atoms with E-state index in [0.717, 1.165) is 5.56 Å². The van der Waals surface area contributed by atoms with E-state index in [9.17, 15) is 4.79 Å². The van der Waals surface area contributed by atoms with E-state index in [4.69, 9.17) is 28.5 Å². The Bertz CT molecular complexity index is 738. The molecule has 6 heteroatoms. The quantitative estimate of drug-likeness (QED) is 0.853. The molecule has 4 nitrogen and oxygen atoms in total. The second-order valence-corrected chi connectivity index (χ2v) is 5.85. The number of rotatable bonds is 5. The van der Waals surface area contributed by atoms with Crippen molar-refractivity contribution in [3.05, 3.63) is 63.6 Å². The zero-order chi connectivity index (χ0) is 16.8. The van der Waals surface area contributed by atoms with Crippen molar-refractivity contribution < 1.29 is 4.79 Å². The summed E-state index contributed by atoms with van der Waals surface area (Å²) in [6.07, 6.45) is 0. The lowest BCUT2D eigenvalue weighted by atomic mass is 10.1. The predicted octanol–water partition coefficient (Wildman–Crippen LogP) is 4.15. The summed E-state index contributed by atoms with van der Waals surface area (Å²) in [5.41, 5.74) is 2.07. The van der Waals surface area contributed by atoms with Crippen molar-refractivity contribution in [1.29, 1.82) is 5.26 Å². The molecule has 0 unspecified atom stereocenters. The maximum atomic E-state index is 11.9. The number of nitriles is 1. The fourth-order valence-electron chi connectivity index (χ4n) is 2.04. The van der Waals surface area contributed by atoms with E-state index >= 15 is 0 Å². The molecule has 2 aromatic carbocycles. The Morgan fingerprint density at radius 3 is 2.52 bits per heavy atom. The molecule has 0 aliphatic rings. The van der Waals surface area contributed by atoms with Crippen LogP contribution in [0.3, 0.4) is 0 Å². The van der Waals surface area contributed by atoms with Gasteiger partial charge in [-0.15, -0.1) is 0 Å². The molecule has 0 heterocycles. The Morgan fingerprint density at radius 1 is 1.22 bits per heavy atom. The maximum Gasteiger partial charge on any atom is 0.238 e. The Kier molecular flexibility index (Phi) is 6.00. The van der Waals surface area contributed by atoms with Crippen LogP contribution in [0.2, 0.25) is 10.0 Å². The molecule has 1 atom stereocenters. The molecule has 0 saturated heterocycles. The van der Waals surface area contributed by atoms with Crippen molar-refractivity contribution in [3.8, 4) is 6.07 Å². The molecule has 0 radical (unpaired) electrons. The van der Waals surface area contributed by atoms with Gasteiger partial charge in [-0.25, -0.2) is 0 Å². The van der Waals surface area contributed by atoms with E-state index in [1.54, 1.807) is 36.4 Å². The fraction of sp³-hybridized carbons (Fsp3) is 0.176. The van der Waals surface area contributed by atoms with Gasteiger partial charge < -0.3 is 10.6 Å². The van der Waals surface area contributed by atoms with Gasteiger partial charge in [0.1, 0.15) is 0 Å². The Hall–Kier alpha value is -2.06. The number of nitrogens with zero attached hydrogens (tertiary/aromatic N) is 1. The summed E-state index contributed by atoms with van der Waals surface area (Å²) in [4.78, 5) is 11.9. The van der Waals surface area contributed by atoms with Crippen molar-refractivity contribution in [2.45, 2.75) is 13.0 Å². The third kappa shape index (κ3) is 4.97. The van der Waals surface area contributed by atoms with Gasteiger partial charge in [-0.2, -0.15) is 5.26 Å². The van der Waals surface area contributed by atoms with Gasteiger partial charge in [0, 0.05) is 21.8 Å². The molecule has 23 heavy (non-hydrogen) atoms. The number of nitrogens with one attached hydrogen (secondary N) is 2. The summed E-state index contributed by atoms with van der Waals surface area (Å²) < 4.78 is 0. The highest BCUT2D eigenvalue weighted by Gasteiger charge is 2.11. The van der Waals surface area contributed by atoms with E-state index in [2.05, 4.69) is 10.6 Å². The number of hydrogen-bond acceptors (Lipinski definition) is 3. The van der Waals surface area contributed by atoms with Crippen LogP contribution in [-0.2, 0) is 4.79 Å². The highest BCUT2D eigenvalue weighted by Crippen LogP contribution is 2.25. The molecule has 0 aliphatic carbocycles. The van der Waals surface area contributed by atoms with E-state index in [-0.39, 0.29) is 18.5 Å². The monoisotopic (exact) mass is 347 g/mol. The van der Waals surface area contributed by atoms with Crippen molar-refractivity contribution in [2.75, 3.05) is 11.9 Å². The first-order valence-electron chi connectivity index (χ1n) is 6.98. The number of benzene rings is 2. The molecule has 1 amide bonds. The second-order valence-electron chi connectivity index (χ2n) is 5.01. The molecular weight excluding hydrogens is 333 g/mol. The summed E-state index contributed by atoms with van der Waals surface area (Å²) >= 11 is 12.0. The molecule has 0 bridgehead atoms. The van der Waals surface area contributed by atoms with Crippen LogP contribution < -0.4 is 10.6 Å². The first-order valence-corrected chi connectivity index (χ1v) is 7.73. The van der Waals surface area contributed by atoms with Crippen LogP contribution in [0.15, 0.2) is 42.5 Å². The van der Waals surface area contributed by atoms with Gasteiger partial charge in [0.15, 0.2) is 0 Å². The zero-order valence-corrected chi connectivity index (χ0v) is 13.9. The topological polar surface area (TPSA) is 64.9 Å². The number of amides is 1. The smallest absolute Gasteiger partial charge is 0.238 e. The van der Waals surface area contributed by atoms with Crippen molar-refractivity contribution in [3.63, 3.8) is 0 Å². The summed E-state index contributed by atoms with van der Waals surface area (Å²) in [7, 11) is 0. The van der Waals surface area contributed by atoms with E-state index < -0.39 is 0 Å². The lowest BCUT2D eigenvalue weighted by Gasteiger charge is -2.16. The summed E-state index contributed by atoms with van der Waals surface area (Å²) in [5, 5.41) is 15.7. The van der Waals surface area contributed by atoms with Gasteiger partial charge in [0.2, 0.25) is 5.91 Å². The normalized spacial score (nSPS) is 11.6. The van der Waals surface area contributed by atoms with Gasteiger partial charge in [0.25, 0.3) is 0 Å². The lowest BCUT2D eigenvalue weighted by Crippen LogP contribution is -2.30. The minimum atomic E-state index is -0.174. The molecule has 118 valence electrons. The van der Waals surface area contributed by atoms with Crippen molar-refractivity contribution >= 4 is 34.8 Å². The molecular formula is C17H15Cl2N3O. The van der Waals surface area contributed by atoms with Crippen LogP contribution in [0.5, 0.6) is 0 Å². The number of hydrogen-bond donors (Lipinski definition) is 2. The highest BCUT2D eigenvalue weighted by atomic mass is 35.5. The molecule has 0 fully saturated rings. The van der Waals surface area contributed by atoms with Crippen LogP contribution in [0.4, 0.5) is 5.69 Å². The molecule has 2 N–H and O–H groups in total. The van der Waals surface area contributed by atoms with Crippen molar-refractivity contribution in [2.24, 2.45) is 0 Å². The van der Waals surface area contributed by atoms with Gasteiger partial charge in [-0.05, 0) is 48.9 Å². The molecule has 0 saturated carbocycles. The van der Waals surface area contributed by atoms with E-state index in [1.807, 2.05) is 19.1 Å². The molecule has 0 aliphatic heterocycles. The van der Waals surface area contributed by atoms with Gasteiger partial charge >= 0.3 is 0 Å². The van der Waals surface area contributed by atoms with Crippen LogP contribution in [0, 0.1) is 11.3 Å². The highest BCUT2D eigenvalue weighted by molar-refractivity contribution is 6.35. The Labute approximate surface area is 145 Å². The fourth-order valence-corrected chi connectivity index (χ4v) is 2.61. The second kappa shape index (κ2) is 7.98. The molecule has 0 spiro atoms. The van der Waals surface area contributed by atoms with Crippen LogP contribution >= 0.6 is 23.2 Å². The van der Waals surface area contributed by atoms with Crippen molar-refractivity contribution in [1.82, 2.24) is 5.32 Å². The summed E-state index contributed by atoms with van der Waals surface area (Å²) in [6.45, 7) is 2.06. The lowest BCUT2D eigenvalue weighted by molar-refractivity contribution is -0.115. The van der Waals surface area contributed by atoms with Gasteiger partial charge in [0.05, 0.1) is 18.2 Å². The summed E-state index contributed by atoms with van der Waals surface area (Å²) in [5.74, 6) is -0.174. The largest absolute Gasteiger partial charge is 0.325 e. The molecule has 2 rings (SSSR count).